The highest BCUT2D eigenvalue weighted by Gasteiger charge is 2.16. The number of anilines is 1. The van der Waals surface area contributed by atoms with Crippen molar-refractivity contribution in [3.05, 3.63) is 86.0 Å². The average Bonchev–Trinajstić information content (AvgIpc) is 3.07. The minimum absolute atomic E-state index is 0.230. The number of nitrogens with one attached hydrogen (secondary N) is 2. The van der Waals surface area contributed by atoms with E-state index in [1.54, 1.807) is 24.3 Å². The Hall–Kier alpha value is -2.44. The summed E-state index contributed by atoms with van der Waals surface area (Å²) in [6.45, 7) is 2.45. The highest BCUT2D eigenvalue weighted by molar-refractivity contribution is 9.10. The number of para-hydroxylation sites is 1. The molecule has 0 saturated carbocycles. The van der Waals surface area contributed by atoms with Crippen molar-refractivity contribution in [3.8, 4) is 0 Å². The third kappa shape index (κ3) is 4.39. The second-order valence-electron chi connectivity index (χ2n) is 5.77. The molecule has 26 heavy (non-hydrogen) atoms. The molecule has 6 heteroatoms. The smallest absolute Gasteiger partial charge is 0.266 e. The number of halogens is 1. The summed E-state index contributed by atoms with van der Waals surface area (Å²) in [4.78, 5) is 25.6. The van der Waals surface area contributed by atoms with Gasteiger partial charge in [-0.05, 0) is 52.0 Å². The third-order valence-electron chi connectivity index (χ3n) is 3.82. The van der Waals surface area contributed by atoms with E-state index in [1.165, 1.54) is 16.9 Å². The topological polar surface area (TPSA) is 58.2 Å². The molecular formula is C20H17BrN2O2S. The van der Waals surface area contributed by atoms with Gasteiger partial charge in [-0.1, -0.05) is 42.0 Å². The molecule has 2 aromatic carbocycles. The summed E-state index contributed by atoms with van der Waals surface area (Å²) in [6, 6.07) is 16.8. The fourth-order valence-corrected chi connectivity index (χ4v) is 3.85. The van der Waals surface area contributed by atoms with Crippen LogP contribution in [-0.2, 0) is 6.54 Å². The number of hydrogen-bond donors (Lipinski definition) is 2. The molecule has 2 N–H and O–H groups in total. The lowest BCUT2D eigenvalue weighted by Gasteiger charge is -2.11. The Bertz CT molecular complexity index is 935. The largest absolute Gasteiger partial charge is 0.348 e. The fourth-order valence-electron chi connectivity index (χ4n) is 2.41. The lowest BCUT2D eigenvalue weighted by molar-refractivity contribution is 0.0952. The lowest BCUT2D eigenvalue weighted by Crippen LogP contribution is -2.24. The van der Waals surface area contributed by atoms with Crippen LogP contribution in [0.25, 0.3) is 0 Å². The van der Waals surface area contributed by atoms with Gasteiger partial charge in [-0.15, -0.1) is 11.3 Å². The SMILES string of the molecule is Cc1ccc(CNC(=O)c2ccccc2NC(=O)c2sccc2Br)cc1. The number of amides is 2. The highest BCUT2D eigenvalue weighted by Crippen LogP contribution is 2.24. The van der Waals surface area contributed by atoms with Gasteiger partial charge < -0.3 is 10.6 Å². The van der Waals surface area contributed by atoms with Crippen molar-refractivity contribution in [2.75, 3.05) is 5.32 Å². The lowest BCUT2D eigenvalue weighted by atomic mass is 10.1. The van der Waals surface area contributed by atoms with Gasteiger partial charge in [0, 0.05) is 11.0 Å². The number of thiophene rings is 1. The zero-order valence-electron chi connectivity index (χ0n) is 14.1. The predicted octanol–water partition coefficient (Wildman–Crippen LogP) is 5.00. The van der Waals surface area contributed by atoms with Crippen molar-refractivity contribution in [1.29, 1.82) is 0 Å². The van der Waals surface area contributed by atoms with Gasteiger partial charge in [-0.25, -0.2) is 0 Å². The first kappa shape index (κ1) is 18.4. The first-order valence-electron chi connectivity index (χ1n) is 8.01. The van der Waals surface area contributed by atoms with E-state index < -0.39 is 0 Å². The van der Waals surface area contributed by atoms with Crippen LogP contribution < -0.4 is 10.6 Å². The van der Waals surface area contributed by atoms with E-state index >= 15 is 0 Å². The molecule has 0 atom stereocenters. The number of benzene rings is 2. The number of aryl methyl sites for hydroxylation is 1. The van der Waals surface area contributed by atoms with Crippen LogP contribution in [0.2, 0.25) is 0 Å². The fraction of sp³-hybridized carbons (Fsp3) is 0.100. The van der Waals surface area contributed by atoms with E-state index in [2.05, 4.69) is 26.6 Å². The molecule has 0 aliphatic rings. The minimum atomic E-state index is -0.245. The van der Waals surface area contributed by atoms with Crippen LogP contribution in [0.15, 0.2) is 64.5 Å². The molecule has 1 aromatic heterocycles. The van der Waals surface area contributed by atoms with Crippen LogP contribution in [0.4, 0.5) is 5.69 Å². The van der Waals surface area contributed by atoms with E-state index in [4.69, 9.17) is 0 Å². The maximum absolute atomic E-state index is 12.6. The molecule has 3 rings (SSSR count). The molecule has 3 aromatic rings. The van der Waals surface area contributed by atoms with Crippen molar-refractivity contribution in [2.24, 2.45) is 0 Å². The standard InChI is InChI=1S/C20H17BrN2O2S/c1-13-6-8-14(9-7-13)12-22-19(24)15-4-2-3-5-17(15)23-20(25)18-16(21)10-11-26-18/h2-11H,12H2,1H3,(H,22,24)(H,23,25). The van der Waals surface area contributed by atoms with Crippen molar-refractivity contribution in [2.45, 2.75) is 13.5 Å². The molecule has 1 heterocycles. The molecule has 0 radical (unpaired) electrons. The number of rotatable bonds is 5. The number of carbonyl (C=O) groups excluding carboxylic acids is 2. The summed E-state index contributed by atoms with van der Waals surface area (Å²) in [5.74, 6) is -0.475. The molecule has 0 aliphatic heterocycles. The zero-order valence-corrected chi connectivity index (χ0v) is 16.5. The monoisotopic (exact) mass is 428 g/mol. The first-order chi connectivity index (χ1) is 12.5. The van der Waals surface area contributed by atoms with E-state index in [-0.39, 0.29) is 11.8 Å². The van der Waals surface area contributed by atoms with Gasteiger partial charge in [0.25, 0.3) is 11.8 Å². The third-order valence-corrected chi connectivity index (χ3v) is 5.65. The van der Waals surface area contributed by atoms with Crippen LogP contribution in [0.5, 0.6) is 0 Å². The van der Waals surface area contributed by atoms with E-state index in [1.807, 2.05) is 42.6 Å². The van der Waals surface area contributed by atoms with E-state index in [0.717, 1.165) is 10.0 Å². The van der Waals surface area contributed by atoms with Crippen molar-refractivity contribution in [1.82, 2.24) is 5.32 Å². The molecule has 0 fully saturated rings. The zero-order chi connectivity index (χ0) is 18.5. The Morgan fingerprint density at radius 1 is 1.00 bits per heavy atom. The Balaban J connectivity index is 1.71. The second kappa shape index (κ2) is 8.29. The molecule has 0 unspecified atom stereocenters. The van der Waals surface area contributed by atoms with E-state index in [0.29, 0.717) is 22.7 Å². The van der Waals surface area contributed by atoms with Gasteiger partial charge in [0.2, 0.25) is 0 Å². The van der Waals surface area contributed by atoms with Gasteiger partial charge in [0.15, 0.2) is 0 Å². The molecular weight excluding hydrogens is 412 g/mol. The number of carbonyl (C=O) groups is 2. The normalized spacial score (nSPS) is 10.4. The van der Waals surface area contributed by atoms with Gasteiger partial charge >= 0.3 is 0 Å². The molecule has 0 saturated heterocycles. The second-order valence-corrected chi connectivity index (χ2v) is 7.54. The Kier molecular flexibility index (Phi) is 5.85. The van der Waals surface area contributed by atoms with Crippen LogP contribution in [0, 0.1) is 6.92 Å². The molecule has 4 nitrogen and oxygen atoms in total. The molecule has 0 spiro atoms. The Morgan fingerprint density at radius 3 is 2.42 bits per heavy atom. The quantitative estimate of drug-likeness (QED) is 0.600. The molecule has 0 aliphatic carbocycles. The van der Waals surface area contributed by atoms with Crippen LogP contribution in [0.3, 0.4) is 0 Å². The summed E-state index contributed by atoms with van der Waals surface area (Å²) in [5.41, 5.74) is 3.11. The summed E-state index contributed by atoms with van der Waals surface area (Å²) in [7, 11) is 0. The molecule has 0 bridgehead atoms. The predicted molar refractivity (Wildman–Crippen MR) is 109 cm³/mol. The summed E-state index contributed by atoms with van der Waals surface area (Å²) < 4.78 is 0.737. The van der Waals surface area contributed by atoms with Gasteiger partial charge in [-0.2, -0.15) is 0 Å². The van der Waals surface area contributed by atoms with Crippen molar-refractivity contribution < 1.29 is 9.59 Å². The minimum Gasteiger partial charge on any atom is -0.348 e. The average molecular weight is 429 g/mol. The maximum Gasteiger partial charge on any atom is 0.266 e. The van der Waals surface area contributed by atoms with Gasteiger partial charge in [0.1, 0.15) is 4.88 Å². The Labute approximate surface area is 164 Å². The van der Waals surface area contributed by atoms with Crippen molar-refractivity contribution in [3.63, 3.8) is 0 Å². The molecule has 132 valence electrons. The highest BCUT2D eigenvalue weighted by atomic mass is 79.9. The first-order valence-corrected chi connectivity index (χ1v) is 9.69. The molecule has 2 amide bonds. The van der Waals surface area contributed by atoms with Gasteiger partial charge in [-0.3, -0.25) is 9.59 Å². The summed E-state index contributed by atoms with van der Waals surface area (Å²) in [5, 5.41) is 7.55. The number of hydrogen-bond acceptors (Lipinski definition) is 3. The maximum atomic E-state index is 12.6. The Morgan fingerprint density at radius 2 is 1.73 bits per heavy atom. The van der Waals surface area contributed by atoms with E-state index in [9.17, 15) is 9.59 Å². The van der Waals surface area contributed by atoms with Crippen molar-refractivity contribution >= 4 is 44.8 Å². The van der Waals surface area contributed by atoms with Crippen LogP contribution in [0.1, 0.15) is 31.2 Å². The van der Waals surface area contributed by atoms with Gasteiger partial charge in [0.05, 0.1) is 11.3 Å². The summed E-state index contributed by atoms with van der Waals surface area (Å²) in [6.07, 6.45) is 0. The van der Waals surface area contributed by atoms with Crippen LogP contribution in [-0.4, -0.2) is 11.8 Å². The van der Waals surface area contributed by atoms with Crippen LogP contribution >= 0.6 is 27.3 Å². The summed E-state index contributed by atoms with van der Waals surface area (Å²) >= 11 is 4.69.